The highest BCUT2D eigenvalue weighted by atomic mass is 16.5. The number of hydrogen-bond donors (Lipinski definition) is 2. The first-order chi connectivity index (χ1) is 8.29. The summed E-state index contributed by atoms with van der Waals surface area (Å²) in [5.74, 6) is -0.308. The molecule has 0 aliphatic rings. The maximum absolute atomic E-state index is 11.5. The zero-order valence-electron chi connectivity index (χ0n) is 10.1. The monoisotopic (exact) mass is 237 g/mol. The molecule has 17 heavy (non-hydrogen) atoms. The molecule has 0 spiro atoms. The Morgan fingerprint density at radius 3 is 2.82 bits per heavy atom. The summed E-state index contributed by atoms with van der Waals surface area (Å²) < 4.78 is 4.72. The van der Waals surface area contributed by atoms with Gasteiger partial charge in [-0.1, -0.05) is 18.2 Å². The highest BCUT2D eigenvalue weighted by molar-refractivity contribution is 5.90. The topological polar surface area (TPSA) is 58.6 Å². The number of benzene rings is 1. The molecule has 94 valence electrons. The first kappa shape index (κ1) is 13.7. The van der Waals surface area contributed by atoms with E-state index in [1.165, 1.54) is 7.11 Å². The molecule has 0 aliphatic carbocycles. The normalized spacial score (nSPS) is 10.2. The molecule has 0 fully saturated rings. The van der Waals surface area contributed by atoms with Gasteiger partial charge in [0.05, 0.1) is 12.7 Å². The molecule has 0 saturated heterocycles. The number of esters is 1. The SMILES string of the molecule is COC(=O)c1ccccc1CNCCCCO. The molecule has 0 aliphatic heterocycles. The van der Waals surface area contributed by atoms with Gasteiger partial charge in [-0.3, -0.25) is 0 Å². The van der Waals surface area contributed by atoms with Crippen molar-refractivity contribution in [2.24, 2.45) is 0 Å². The molecule has 1 aromatic carbocycles. The van der Waals surface area contributed by atoms with E-state index in [4.69, 9.17) is 9.84 Å². The molecule has 0 amide bonds. The fourth-order valence-corrected chi connectivity index (χ4v) is 1.57. The second-order valence-electron chi connectivity index (χ2n) is 3.76. The summed E-state index contributed by atoms with van der Waals surface area (Å²) in [4.78, 5) is 11.5. The van der Waals surface area contributed by atoms with Crippen molar-refractivity contribution in [1.29, 1.82) is 0 Å². The molecule has 0 aromatic heterocycles. The van der Waals surface area contributed by atoms with Crippen molar-refractivity contribution in [2.75, 3.05) is 20.3 Å². The van der Waals surface area contributed by atoms with Gasteiger partial charge in [0, 0.05) is 13.2 Å². The van der Waals surface area contributed by atoms with Gasteiger partial charge in [0.15, 0.2) is 0 Å². The van der Waals surface area contributed by atoms with Crippen LogP contribution < -0.4 is 5.32 Å². The minimum absolute atomic E-state index is 0.223. The summed E-state index contributed by atoms with van der Waals surface area (Å²) >= 11 is 0. The number of hydrogen-bond acceptors (Lipinski definition) is 4. The van der Waals surface area contributed by atoms with Gasteiger partial charge >= 0.3 is 5.97 Å². The lowest BCUT2D eigenvalue weighted by atomic mass is 10.1. The smallest absolute Gasteiger partial charge is 0.338 e. The van der Waals surface area contributed by atoms with E-state index in [0.29, 0.717) is 12.1 Å². The Kier molecular flexibility index (Phi) is 6.29. The minimum atomic E-state index is -0.308. The van der Waals surface area contributed by atoms with Crippen LogP contribution in [0, 0.1) is 0 Å². The molecule has 1 rings (SSSR count). The number of rotatable bonds is 7. The van der Waals surface area contributed by atoms with Crippen LogP contribution in [-0.2, 0) is 11.3 Å². The molecule has 1 aromatic rings. The van der Waals surface area contributed by atoms with Gasteiger partial charge < -0.3 is 15.2 Å². The summed E-state index contributed by atoms with van der Waals surface area (Å²) in [5, 5.41) is 11.9. The zero-order chi connectivity index (χ0) is 12.5. The van der Waals surface area contributed by atoms with Gasteiger partial charge in [-0.25, -0.2) is 4.79 Å². The Balaban J connectivity index is 2.49. The fraction of sp³-hybridized carbons (Fsp3) is 0.462. The van der Waals surface area contributed by atoms with Gasteiger partial charge in [-0.05, 0) is 31.0 Å². The van der Waals surface area contributed by atoms with Crippen molar-refractivity contribution < 1.29 is 14.6 Å². The van der Waals surface area contributed by atoms with Crippen LogP contribution in [0.4, 0.5) is 0 Å². The van der Waals surface area contributed by atoms with Crippen LogP contribution in [0.15, 0.2) is 24.3 Å². The lowest BCUT2D eigenvalue weighted by Gasteiger charge is -2.08. The van der Waals surface area contributed by atoms with Crippen LogP contribution in [0.3, 0.4) is 0 Å². The quantitative estimate of drug-likeness (QED) is 0.555. The standard InChI is InChI=1S/C13H19NO3/c1-17-13(16)12-7-3-2-6-11(12)10-14-8-4-5-9-15/h2-3,6-7,14-15H,4-5,8-10H2,1H3. The number of carbonyl (C=O) groups is 1. The van der Waals surface area contributed by atoms with Crippen molar-refractivity contribution in [3.8, 4) is 0 Å². The number of nitrogens with one attached hydrogen (secondary N) is 1. The molecule has 4 heteroatoms. The first-order valence-electron chi connectivity index (χ1n) is 5.77. The molecule has 0 radical (unpaired) electrons. The maximum atomic E-state index is 11.5. The largest absolute Gasteiger partial charge is 0.465 e. The van der Waals surface area contributed by atoms with Crippen molar-refractivity contribution >= 4 is 5.97 Å². The van der Waals surface area contributed by atoms with E-state index in [0.717, 1.165) is 24.9 Å². The number of aliphatic hydroxyl groups is 1. The number of methoxy groups -OCH3 is 1. The molecular weight excluding hydrogens is 218 g/mol. The van der Waals surface area contributed by atoms with Crippen LogP contribution in [0.25, 0.3) is 0 Å². The lowest BCUT2D eigenvalue weighted by molar-refractivity contribution is 0.0599. The van der Waals surface area contributed by atoms with Crippen molar-refractivity contribution in [3.63, 3.8) is 0 Å². The van der Waals surface area contributed by atoms with E-state index in [-0.39, 0.29) is 12.6 Å². The van der Waals surface area contributed by atoms with E-state index in [9.17, 15) is 4.79 Å². The van der Waals surface area contributed by atoms with Crippen LogP contribution in [0.2, 0.25) is 0 Å². The van der Waals surface area contributed by atoms with Gasteiger partial charge in [0.2, 0.25) is 0 Å². The van der Waals surface area contributed by atoms with Crippen molar-refractivity contribution in [2.45, 2.75) is 19.4 Å². The summed E-state index contributed by atoms with van der Waals surface area (Å²) in [7, 11) is 1.38. The summed E-state index contributed by atoms with van der Waals surface area (Å²) in [5.41, 5.74) is 1.54. The average molecular weight is 237 g/mol. The molecule has 0 saturated carbocycles. The maximum Gasteiger partial charge on any atom is 0.338 e. The molecule has 0 bridgehead atoms. The number of unbranched alkanes of at least 4 members (excludes halogenated alkanes) is 1. The van der Waals surface area contributed by atoms with Crippen molar-refractivity contribution in [1.82, 2.24) is 5.32 Å². The van der Waals surface area contributed by atoms with Crippen molar-refractivity contribution in [3.05, 3.63) is 35.4 Å². The zero-order valence-corrected chi connectivity index (χ0v) is 10.1. The van der Waals surface area contributed by atoms with E-state index in [1.807, 2.05) is 18.2 Å². The van der Waals surface area contributed by atoms with Crippen LogP contribution >= 0.6 is 0 Å². The van der Waals surface area contributed by atoms with Crippen LogP contribution in [0.5, 0.6) is 0 Å². The second kappa shape index (κ2) is 7.81. The lowest BCUT2D eigenvalue weighted by Crippen LogP contribution is -2.17. The molecule has 0 heterocycles. The molecule has 2 N–H and O–H groups in total. The second-order valence-corrected chi connectivity index (χ2v) is 3.76. The average Bonchev–Trinajstić information content (AvgIpc) is 2.38. The van der Waals surface area contributed by atoms with E-state index in [1.54, 1.807) is 6.07 Å². The third kappa shape index (κ3) is 4.54. The van der Waals surface area contributed by atoms with Crippen LogP contribution in [-0.4, -0.2) is 31.3 Å². The molecule has 0 atom stereocenters. The first-order valence-corrected chi connectivity index (χ1v) is 5.77. The molecular formula is C13H19NO3. The summed E-state index contributed by atoms with van der Waals surface area (Å²) in [6, 6.07) is 7.39. The Hall–Kier alpha value is -1.39. The van der Waals surface area contributed by atoms with Gasteiger partial charge in [0.25, 0.3) is 0 Å². The third-order valence-electron chi connectivity index (χ3n) is 2.50. The Labute approximate surface area is 102 Å². The molecule has 4 nitrogen and oxygen atoms in total. The number of aliphatic hydroxyl groups excluding tert-OH is 1. The Morgan fingerprint density at radius 1 is 1.35 bits per heavy atom. The van der Waals surface area contributed by atoms with Gasteiger partial charge in [-0.2, -0.15) is 0 Å². The predicted octanol–water partition coefficient (Wildman–Crippen LogP) is 1.34. The summed E-state index contributed by atoms with van der Waals surface area (Å²) in [6.07, 6.45) is 1.72. The van der Waals surface area contributed by atoms with E-state index < -0.39 is 0 Å². The highest BCUT2D eigenvalue weighted by Gasteiger charge is 2.09. The molecule has 0 unspecified atom stereocenters. The third-order valence-corrected chi connectivity index (χ3v) is 2.50. The number of ether oxygens (including phenoxy) is 1. The van der Waals surface area contributed by atoms with Gasteiger partial charge in [-0.15, -0.1) is 0 Å². The minimum Gasteiger partial charge on any atom is -0.465 e. The van der Waals surface area contributed by atoms with Gasteiger partial charge in [0.1, 0.15) is 0 Å². The Morgan fingerprint density at radius 2 is 2.12 bits per heavy atom. The Bertz CT molecular complexity index is 352. The predicted molar refractivity (Wildman–Crippen MR) is 65.8 cm³/mol. The summed E-state index contributed by atoms with van der Waals surface area (Å²) in [6.45, 7) is 1.69. The fourth-order valence-electron chi connectivity index (χ4n) is 1.57. The highest BCUT2D eigenvalue weighted by Crippen LogP contribution is 2.09. The van der Waals surface area contributed by atoms with E-state index in [2.05, 4.69) is 5.32 Å². The van der Waals surface area contributed by atoms with E-state index >= 15 is 0 Å². The van der Waals surface area contributed by atoms with Crippen LogP contribution in [0.1, 0.15) is 28.8 Å². The number of carbonyl (C=O) groups excluding carboxylic acids is 1.